The molecule has 0 saturated heterocycles. The number of nitrogens with one attached hydrogen (secondary N) is 1. The minimum atomic E-state index is -0.286. The maximum absolute atomic E-state index is 13.3. The first-order valence-corrected chi connectivity index (χ1v) is 14.0. The van der Waals surface area contributed by atoms with Crippen LogP contribution in [-0.4, -0.2) is 46.0 Å². The van der Waals surface area contributed by atoms with Crippen molar-refractivity contribution in [3.8, 4) is 11.4 Å². The van der Waals surface area contributed by atoms with E-state index in [1.807, 2.05) is 23.1 Å². The minimum absolute atomic E-state index is 0.0104. The summed E-state index contributed by atoms with van der Waals surface area (Å²) in [6, 6.07) is 20.0. The molecule has 200 valence electrons. The lowest BCUT2D eigenvalue weighted by Gasteiger charge is -2.29. The number of benzene rings is 3. The molecule has 2 amide bonds. The molecule has 11 heteroatoms. The first-order chi connectivity index (χ1) is 18.9. The fourth-order valence-electron chi connectivity index (χ4n) is 4.41. The molecule has 39 heavy (non-hydrogen) atoms. The third-order valence-electron chi connectivity index (χ3n) is 6.34. The highest BCUT2D eigenvalue weighted by atomic mass is 35.5. The van der Waals surface area contributed by atoms with Crippen LogP contribution in [0.25, 0.3) is 5.69 Å². The van der Waals surface area contributed by atoms with Crippen molar-refractivity contribution in [2.45, 2.75) is 24.5 Å². The Bertz CT molecular complexity index is 1530. The number of methoxy groups -OCH3 is 1. The largest absolute Gasteiger partial charge is 0.497 e. The average Bonchev–Trinajstić information content (AvgIpc) is 3.38. The van der Waals surface area contributed by atoms with Gasteiger partial charge in [0.25, 0.3) is 5.91 Å². The fraction of sp³-hybridized carbons (Fsp3) is 0.214. The molecule has 8 nitrogen and oxygen atoms in total. The van der Waals surface area contributed by atoms with Gasteiger partial charge in [0, 0.05) is 17.8 Å². The van der Waals surface area contributed by atoms with Gasteiger partial charge in [-0.25, -0.2) is 0 Å². The van der Waals surface area contributed by atoms with Gasteiger partial charge in [0.1, 0.15) is 5.75 Å². The molecular weight excluding hydrogens is 557 g/mol. The lowest BCUT2D eigenvalue weighted by Crippen LogP contribution is -2.36. The Kier molecular flexibility index (Phi) is 8.40. The van der Waals surface area contributed by atoms with Crippen LogP contribution in [0.2, 0.25) is 10.0 Å². The van der Waals surface area contributed by atoms with Gasteiger partial charge in [0.15, 0.2) is 11.0 Å². The third-order valence-corrected chi connectivity index (χ3v) is 7.99. The number of fused-ring (bicyclic) bond motifs is 1. The highest BCUT2D eigenvalue weighted by molar-refractivity contribution is 7.99. The zero-order chi connectivity index (χ0) is 27.4. The molecule has 1 aliphatic heterocycles. The number of hydrogen-bond donors (Lipinski definition) is 1. The summed E-state index contributed by atoms with van der Waals surface area (Å²) in [6.45, 7) is 0.773. The van der Waals surface area contributed by atoms with Crippen LogP contribution in [0, 0.1) is 0 Å². The Morgan fingerprint density at radius 2 is 1.87 bits per heavy atom. The number of thioether (sulfide) groups is 1. The Hall–Kier alpha value is -3.53. The summed E-state index contributed by atoms with van der Waals surface area (Å²) in [5.74, 6) is 0.933. The van der Waals surface area contributed by atoms with Crippen LogP contribution in [0.15, 0.2) is 71.9 Å². The SMILES string of the molecule is COc1cccc(C(=O)NCc2nnc(SCC(=O)N3CCCc4ccccc43)n2-c2ccc(Cl)c(Cl)c2)c1. The minimum Gasteiger partial charge on any atom is -0.497 e. The van der Waals surface area contributed by atoms with Crippen molar-refractivity contribution in [1.29, 1.82) is 0 Å². The second kappa shape index (κ2) is 12.1. The topological polar surface area (TPSA) is 89.3 Å². The van der Waals surface area contributed by atoms with Crippen molar-refractivity contribution in [2.24, 2.45) is 0 Å². The molecule has 0 spiro atoms. The molecule has 0 radical (unpaired) electrons. The first-order valence-electron chi connectivity index (χ1n) is 12.3. The lowest BCUT2D eigenvalue weighted by atomic mass is 10.0. The van der Waals surface area contributed by atoms with Crippen LogP contribution >= 0.6 is 35.0 Å². The third kappa shape index (κ3) is 6.06. The van der Waals surface area contributed by atoms with E-state index < -0.39 is 0 Å². The van der Waals surface area contributed by atoms with Crippen LogP contribution in [0.4, 0.5) is 5.69 Å². The number of para-hydroxylation sites is 1. The maximum atomic E-state index is 13.3. The van der Waals surface area contributed by atoms with Crippen molar-refractivity contribution in [1.82, 2.24) is 20.1 Å². The van der Waals surface area contributed by atoms with E-state index in [1.165, 1.54) is 17.3 Å². The molecule has 0 saturated carbocycles. The van der Waals surface area contributed by atoms with E-state index in [2.05, 4.69) is 21.6 Å². The van der Waals surface area contributed by atoms with Crippen LogP contribution in [0.1, 0.15) is 28.2 Å². The summed E-state index contributed by atoms with van der Waals surface area (Å²) in [5.41, 5.74) is 3.26. The Balaban J connectivity index is 1.37. The van der Waals surface area contributed by atoms with E-state index in [4.69, 9.17) is 27.9 Å². The van der Waals surface area contributed by atoms with E-state index in [-0.39, 0.29) is 24.1 Å². The standard InChI is InChI=1S/C28H25Cl2N5O3S/c1-38-21-9-4-7-19(14-21)27(37)31-16-25-32-33-28(35(25)20-11-12-22(29)23(30)15-20)39-17-26(36)34-13-5-8-18-6-2-3-10-24(18)34/h2-4,6-7,9-12,14-15H,5,8,13,16-17H2,1H3,(H,31,37). The summed E-state index contributed by atoms with van der Waals surface area (Å²) in [7, 11) is 1.55. The quantitative estimate of drug-likeness (QED) is 0.273. The van der Waals surface area contributed by atoms with Crippen LogP contribution in [-0.2, 0) is 17.8 Å². The number of carbonyl (C=O) groups is 2. The lowest BCUT2D eigenvalue weighted by molar-refractivity contribution is -0.116. The van der Waals surface area contributed by atoms with Gasteiger partial charge < -0.3 is 15.0 Å². The highest BCUT2D eigenvalue weighted by Gasteiger charge is 2.24. The van der Waals surface area contributed by atoms with Crippen LogP contribution in [0.3, 0.4) is 0 Å². The number of aryl methyl sites for hydroxylation is 1. The highest BCUT2D eigenvalue weighted by Crippen LogP contribution is 2.30. The fourth-order valence-corrected chi connectivity index (χ4v) is 5.55. The molecule has 1 N–H and O–H groups in total. The molecular formula is C28H25Cl2N5O3S. The first kappa shape index (κ1) is 27.1. The molecule has 2 heterocycles. The van der Waals surface area contributed by atoms with Gasteiger partial charge in [-0.3, -0.25) is 14.2 Å². The van der Waals surface area contributed by atoms with E-state index in [9.17, 15) is 9.59 Å². The van der Waals surface area contributed by atoms with Crippen molar-refractivity contribution >= 4 is 52.5 Å². The van der Waals surface area contributed by atoms with Gasteiger partial charge >= 0.3 is 0 Å². The Labute approximate surface area is 240 Å². The Morgan fingerprint density at radius 3 is 2.69 bits per heavy atom. The number of ether oxygens (including phenoxy) is 1. The summed E-state index contributed by atoms with van der Waals surface area (Å²) < 4.78 is 6.99. The number of nitrogens with zero attached hydrogens (tertiary/aromatic N) is 4. The number of anilines is 1. The van der Waals surface area contributed by atoms with Gasteiger partial charge in [-0.2, -0.15) is 0 Å². The zero-order valence-electron chi connectivity index (χ0n) is 21.1. The number of halogens is 2. The number of rotatable bonds is 8. The monoisotopic (exact) mass is 581 g/mol. The Morgan fingerprint density at radius 1 is 1.03 bits per heavy atom. The molecule has 1 aliphatic rings. The van der Waals surface area contributed by atoms with Crippen molar-refractivity contribution < 1.29 is 14.3 Å². The second-order valence-electron chi connectivity index (χ2n) is 8.81. The van der Waals surface area contributed by atoms with Crippen molar-refractivity contribution in [3.63, 3.8) is 0 Å². The summed E-state index contributed by atoms with van der Waals surface area (Å²) in [6.07, 6.45) is 1.88. The van der Waals surface area contributed by atoms with Crippen LogP contribution < -0.4 is 15.0 Å². The van der Waals surface area contributed by atoms with Crippen LogP contribution in [0.5, 0.6) is 5.75 Å². The zero-order valence-corrected chi connectivity index (χ0v) is 23.4. The molecule has 1 aromatic heterocycles. The second-order valence-corrected chi connectivity index (χ2v) is 10.6. The normalized spacial score (nSPS) is 12.6. The molecule has 0 unspecified atom stereocenters. The molecule has 0 aliphatic carbocycles. The predicted octanol–water partition coefficient (Wildman–Crippen LogP) is 5.58. The van der Waals surface area contributed by atoms with E-state index >= 15 is 0 Å². The molecule has 5 rings (SSSR count). The summed E-state index contributed by atoms with van der Waals surface area (Å²) >= 11 is 13.7. The molecule has 0 atom stereocenters. The maximum Gasteiger partial charge on any atom is 0.251 e. The molecule has 0 bridgehead atoms. The number of amides is 2. The number of aromatic nitrogens is 3. The molecule has 3 aromatic carbocycles. The number of carbonyl (C=O) groups excluding carboxylic acids is 2. The van der Waals surface area contributed by atoms with Gasteiger partial charge in [0.2, 0.25) is 5.91 Å². The van der Waals surface area contributed by atoms with E-state index in [0.29, 0.717) is 44.6 Å². The van der Waals surface area contributed by atoms with E-state index in [0.717, 1.165) is 18.5 Å². The number of hydrogen-bond acceptors (Lipinski definition) is 6. The predicted molar refractivity (Wildman–Crippen MR) is 153 cm³/mol. The van der Waals surface area contributed by atoms with Gasteiger partial charge in [0.05, 0.1) is 35.1 Å². The smallest absolute Gasteiger partial charge is 0.251 e. The van der Waals surface area contributed by atoms with Gasteiger partial charge in [-0.15, -0.1) is 10.2 Å². The summed E-state index contributed by atoms with van der Waals surface area (Å²) in [4.78, 5) is 27.9. The molecule has 4 aromatic rings. The van der Waals surface area contributed by atoms with Gasteiger partial charge in [-0.05, 0) is 60.9 Å². The average molecular weight is 583 g/mol. The van der Waals surface area contributed by atoms with Crippen molar-refractivity contribution in [2.75, 3.05) is 24.3 Å². The van der Waals surface area contributed by atoms with E-state index in [1.54, 1.807) is 54.1 Å². The van der Waals surface area contributed by atoms with Crippen molar-refractivity contribution in [3.05, 3.63) is 93.7 Å². The molecule has 0 fully saturated rings. The summed E-state index contributed by atoms with van der Waals surface area (Å²) in [5, 5.41) is 12.8. The van der Waals surface area contributed by atoms with Gasteiger partial charge in [-0.1, -0.05) is 59.2 Å².